The number of para-hydroxylation sites is 2. The Balaban J connectivity index is 1.25. The Morgan fingerprint density at radius 1 is 1.07 bits per heavy atom. The van der Waals surface area contributed by atoms with E-state index in [9.17, 15) is 4.79 Å². The summed E-state index contributed by atoms with van der Waals surface area (Å²) in [6.45, 7) is 3.00. The van der Waals surface area contributed by atoms with Gasteiger partial charge in [0.15, 0.2) is 11.5 Å². The number of nitrogens with zero attached hydrogens (tertiary/aromatic N) is 3. The van der Waals surface area contributed by atoms with E-state index in [4.69, 9.17) is 9.40 Å². The van der Waals surface area contributed by atoms with Gasteiger partial charge in [-0.2, -0.15) is 0 Å². The van der Waals surface area contributed by atoms with E-state index in [2.05, 4.69) is 21.9 Å². The number of fused-ring (bicyclic) bond motifs is 1. The molecule has 0 N–H and O–H groups in total. The Labute approximate surface area is 171 Å². The van der Waals surface area contributed by atoms with E-state index < -0.39 is 0 Å². The summed E-state index contributed by atoms with van der Waals surface area (Å²) >= 11 is 0. The van der Waals surface area contributed by atoms with E-state index in [0.29, 0.717) is 19.1 Å². The van der Waals surface area contributed by atoms with Crippen molar-refractivity contribution >= 4 is 17.0 Å². The van der Waals surface area contributed by atoms with Gasteiger partial charge in [0.1, 0.15) is 5.52 Å². The molecule has 0 radical (unpaired) electrons. The third-order valence-electron chi connectivity index (χ3n) is 6.03. The molecule has 2 fully saturated rings. The zero-order valence-electron chi connectivity index (χ0n) is 16.7. The van der Waals surface area contributed by atoms with Crippen molar-refractivity contribution in [3.05, 3.63) is 66.1 Å². The molecule has 1 unspecified atom stereocenters. The number of benzene rings is 2. The maximum absolute atomic E-state index is 13.1. The fourth-order valence-corrected chi connectivity index (χ4v) is 4.33. The van der Waals surface area contributed by atoms with Crippen molar-refractivity contribution in [1.29, 1.82) is 0 Å². The molecule has 150 valence electrons. The van der Waals surface area contributed by atoms with Gasteiger partial charge in [-0.1, -0.05) is 42.5 Å². The Hall–Kier alpha value is -2.66. The molecule has 1 saturated heterocycles. The molecule has 0 bridgehead atoms. The number of likely N-dealkylation sites (tertiary alicyclic amines) is 1. The largest absolute Gasteiger partial charge is 0.440 e. The number of oxazole rings is 1. The van der Waals surface area contributed by atoms with Crippen LogP contribution in [-0.4, -0.2) is 46.4 Å². The van der Waals surface area contributed by atoms with E-state index in [-0.39, 0.29) is 11.8 Å². The second-order valence-electron chi connectivity index (χ2n) is 8.33. The van der Waals surface area contributed by atoms with Crippen LogP contribution in [0.3, 0.4) is 0 Å². The molecule has 0 spiro atoms. The minimum atomic E-state index is 0.245. The van der Waals surface area contributed by atoms with Crippen molar-refractivity contribution in [2.24, 2.45) is 0 Å². The second kappa shape index (κ2) is 7.99. The van der Waals surface area contributed by atoms with Gasteiger partial charge in [0.25, 0.3) is 0 Å². The number of hydrogen-bond donors (Lipinski definition) is 0. The van der Waals surface area contributed by atoms with E-state index in [0.717, 1.165) is 55.8 Å². The van der Waals surface area contributed by atoms with Crippen LogP contribution >= 0.6 is 0 Å². The number of amides is 1. The van der Waals surface area contributed by atoms with E-state index in [1.807, 2.05) is 42.5 Å². The lowest BCUT2D eigenvalue weighted by Crippen LogP contribution is -2.44. The molecular formula is C24H27N3O2. The van der Waals surface area contributed by atoms with Crippen LogP contribution in [0.15, 0.2) is 59.0 Å². The summed E-state index contributed by atoms with van der Waals surface area (Å²) in [6.07, 6.45) is 4.39. The highest BCUT2D eigenvalue weighted by molar-refractivity contribution is 5.79. The monoisotopic (exact) mass is 389 g/mol. The van der Waals surface area contributed by atoms with Crippen LogP contribution in [-0.2, 0) is 11.3 Å². The highest BCUT2D eigenvalue weighted by Gasteiger charge is 2.34. The molecule has 1 aromatic heterocycles. The summed E-state index contributed by atoms with van der Waals surface area (Å²) in [7, 11) is 0. The molecule has 2 aromatic carbocycles. The van der Waals surface area contributed by atoms with Crippen molar-refractivity contribution in [2.45, 2.75) is 44.2 Å². The lowest BCUT2D eigenvalue weighted by molar-refractivity contribution is -0.134. The zero-order valence-corrected chi connectivity index (χ0v) is 16.7. The summed E-state index contributed by atoms with van der Waals surface area (Å²) in [6, 6.07) is 18.6. The maximum Gasteiger partial charge on any atom is 0.237 e. The predicted octanol–water partition coefficient (Wildman–Crippen LogP) is 4.20. The van der Waals surface area contributed by atoms with Crippen LogP contribution in [0.1, 0.15) is 43.1 Å². The molecule has 5 nitrogen and oxygen atoms in total. The van der Waals surface area contributed by atoms with Gasteiger partial charge >= 0.3 is 0 Å². The zero-order chi connectivity index (χ0) is 19.6. The highest BCUT2D eigenvalue weighted by atomic mass is 16.3. The third kappa shape index (κ3) is 4.20. The van der Waals surface area contributed by atoms with Crippen LogP contribution in [0.2, 0.25) is 0 Å². The summed E-state index contributed by atoms with van der Waals surface area (Å²) in [5.74, 6) is 1.31. The van der Waals surface area contributed by atoms with Gasteiger partial charge in [0.05, 0.1) is 6.54 Å². The van der Waals surface area contributed by atoms with Crippen LogP contribution in [0.4, 0.5) is 0 Å². The van der Waals surface area contributed by atoms with Gasteiger partial charge < -0.3 is 9.32 Å². The molecule has 29 heavy (non-hydrogen) atoms. The number of carbonyl (C=O) groups excluding carboxylic acids is 1. The SMILES string of the molecule is O=C(CN1CCCC(c2nc3ccccc3o2)C1)N(Cc1ccccc1)C1CC1. The van der Waals surface area contributed by atoms with Crippen LogP contribution in [0.5, 0.6) is 0 Å². The fourth-order valence-electron chi connectivity index (χ4n) is 4.33. The molecular weight excluding hydrogens is 362 g/mol. The third-order valence-corrected chi connectivity index (χ3v) is 6.03. The van der Waals surface area contributed by atoms with Crippen molar-refractivity contribution in [1.82, 2.24) is 14.8 Å². The Morgan fingerprint density at radius 2 is 1.86 bits per heavy atom. The molecule has 2 heterocycles. The van der Waals surface area contributed by atoms with Crippen molar-refractivity contribution in [2.75, 3.05) is 19.6 Å². The van der Waals surface area contributed by atoms with Gasteiger partial charge in [-0.25, -0.2) is 4.98 Å². The van der Waals surface area contributed by atoms with Gasteiger partial charge in [-0.05, 0) is 49.9 Å². The number of rotatable bonds is 6. The van der Waals surface area contributed by atoms with Crippen molar-refractivity contribution < 1.29 is 9.21 Å². The molecule has 1 aliphatic heterocycles. The summed E-state index contributed by atoms with van der Waals surface area (Å²) in [4.78, 5) is 22.2. The lowest BCUT2D eigenvalue weighted by atomic mass is 9.98. The lowest BCUT2D eigenvalue weighted by Gasteiger charge is -2.32. The molecule has 1 aliphatic carbocycles. The first-order chi connectivity index (χ1) is 14.3. The van der Waals surface area contributed by atoms with Crippen LogP contribution in [0.25, 0.3) is 11.1 Å². The van der Waals surface area contributed by atoms with Gasteiger partial charge in [-0.15, -0.1) is 0 Å². The Kier molecular flexibility index (Phi) is 5.06. The number of aromatic nitrogens is 1. The molecule has 5 heteroatoms. The molecule has 1 atom stereocenters. The van der Waals surface area contributed by atoms with Crippen LogP contribution < -0.4 is 0 Å². The Morgan fingerprint density at radius 3 is 2.66 bits per heavy atom. The average molecular weight is 389 g/mol. The minimum Gasteiger partial charge on any atom is -0.440 e. The van der Waals surface area contributed by atoms with Crippen molar-refractivity contribution in [3.8, 4) is 0 Å². The van der Waals surface area contributed by atoms with Crippen LogP contribution in [0, 0.1) is 0 Å². The minimum absolute atomic E-state index is 0.245. The van der Waals surface area contributed by atoms with Gasteiger partial charge in [0.2, 0.25) is 5.91 Å². The van der Waals surface area contributed by atoms with E-state index in [1.165, 1.54) is 5.56 Å². The standard InChI is InChI=1S/C24H27N3O2/c28-23(27(20-12-13-20)15-18-7-2-1-3-8-18)17-26-14-6-9-19(16-26)24-25-21-10-4-5-11-22(21)29-24/h1-5,7-8,10-11,19-20H,6,9,12-17H2. The highest BCUT2D eigenvalue weighted by Crippen LogP contribution is 2.31. The first-order valence-electron chi connectivity index (χ1n) is 10.7. The molecule has 1 saturated carbocycles. The van der Waals surface area contributed by atoms with E-state index in [1.54, 1.807) is 0 Å². The van der Waals surface area contributed by atoms with Gasteiger partial charge in [-0.3, -0.25) is 9.69 Å². The quantitative estimate of drug-likeness (QED) is 0.634. The predicted molar refractivity (Wildman–Crippen MR) is 112 cm³/mol. The summed E-state index contributed by atoms with van der Waals surface area (Å²) < 4.78 is 6.00. The summed E-state index contributed by atoms with van der Waals surface area (Å²) in [5.41, 5.74) is 2.97. The van der Waals surface area contributed by atoms with Gasteiger partial charge in [0, 0.05) is 25.0 Å². The molecule has 3 aromatic rings. The number of hydrogen-bond acceptors (Lipinski definition) is 4. The second-order valence-corrected chi connectivity index (χ2v) is 8.33. The maximum atomic E-state index is 13.1. The summed E-state index contributed by atoms with van der Waals surface area (Å²) in [5, 5.41) is 0. The van der Waals surface area contributed by atoms with E-state index >= 15 is 0 Å². The first-order valence-corrected chi connectivity index (χ1v) is 10.7. The Bertz CT molecular complexity index is 947. The first kappa shape index (κ1) is 18.4. The topological polar surface area (TPSA) is 49.6 Å². The molecule has 2 aliphatic rings. The normalized spacial score (nSPS) is 20.1. The smallest absolute Gasteiger partial charge is 0.237 e. The number of piperidine rings is 1. The average Bonchev–Trinajstić information content (AvgIpc) is 3.50. The fraction of sp³-hybridized carbons (Fsp3) is 0.417. The molecule has 1 amide bonds. The van der Waals surface area contributed by atoms with Crippen molar-refractivity contribution in [3.63, 3.8) is 0 Å². The molecule has 5 rings (SSSR count). The number of carbonyl (C=O) groups is 1.